The molecule has 0 spiro atoms. The maximum absolute atomic E-state index is 13.2. The lowest BCUT2D eigenvalue weighted by atomic mass is 10.0. The first-order valence-corrected chi connectivity index (χ1v) is 9.62. The van der Waals surface area contributed by atoms with Gasteiger partial charge in [0, 0.05) is 23.0 Å². The zero-order valence-electron chi connectivity index (χ0n) is 15.7. The van der Waals surface area contributed by atoms with Crippen molar-refractivity contribution in [2.45, 2.75) is 32.5 Å². The second kappa shape index (κ2) is 9.70. The van der Waals surface area contributed by atoms with E-state index in [4.69, 9.17) is 0 Å². The Balaban J connectivity index is 1.80. The zero-order chi connectivity index (χ0) is 21.7. The van der Waals surface area contributed by atoms with E-state index in [0.29, 0.717) is 21.4 Å². The third-order valence-corrected chi connectivity index (χ3v) is 4.78. The summed E-state index contributed by atoms with van der Waals surface area (Å²) in [7, 11) is 0. The number of halogens is 4. The number of ether oxygens (including phenoxy) is 1. The van der Waals surface area contributed by atoms with Gasteiger partial charge in [-0.05, 0) is 53.2 Å². The van der Waals surface area contributed by atoms with Gasteiger partial charge in [-0.2, -0.15) is 8.78 Å². The molecule has 1 unspecified atom stereocenters. The van der Waals surface area contributed by atoms with Crippen molar-refractivity contribution in [3.63, 3.8) is 0 Å². The smallest absolute Gasteiger partial charge is 0.387 e. The summed E-state index contributed by atoms with van der Waals surface area (Å²) in [6.45, 7) is -1.40. The highest BCUT2D eigenvalue weighted by molar-refractivity contribution is 9.10. The van der Waals surface area contributed by atoms with E-state index >= 15 is 0 Å². The second-order valence-electron chi connectivity index (χ2n) is 6.37. The summed E-state index contributed by atoms with van der Waals surface area (Å²) in [5, 5.41) is 14.0. The third kappa shape index (κ3) is 5.56. The molecule has 3 rings (SSSR count). The molecule has 1 N–H and O–H groups in total. The van der Waals surface area contributed by atoms with Gasteiger partial charge in [-0.3, -0.25) is 4.79 Å². The van der Waals surface area contributed by atoms with E-state index in [1.54, 1.807) is 31.2 Å². The third-order valence-electron chi connectivity index (χ3n) is 4.29. The van der Waals surface area contributed by atoms with Gasteiger partial charge in [0.15, 0.2) is 0 Å². The Morgan fingerprint density at radius 1 is 1.23 bits per heavy atom. The normalized spacial score (nSPS) is 12.1. The number of rotatable bonds is 8. The molecule has 11 heteroatoms. The molecule has 1 aromatic heterocycles. The number of hydrogen-bond acceptors (Lipinski definition) is 5. The van der Waals surface area contributed by atoms with Crippen LogP contribution in [-0.2, 0) is 17.8 Å². The first-order chi connectivity index (χ1) is 14.3. The Kier molecular flexibility index (Phi) is 7.03. The van der Waals surface area contributed by atoms with Crippen molar-refractivity contribution in [3.05, 3.63) is 69.7 Å². The van der Waals surface area contributed by atoms with Crippen molar-refractivity contribution >= 4 is 21.8 Å². The number of benzene rings is 2. The van der Waals surface area contributed by atoms with Crippen LogP contribution in [0.3, 0.4) is 0 Å². The number of aryl methyl sites for hydroxylation is 1. The van der Waals surface area contributed by atoms with E-state index in [-0.39, 0.29) is 24.5 Å². The van der Waals surface area contributed by atoms with Crippen molar-refractivity contribution in [1.29, 1.82) is 0 Å². The minimum atomic E-state index is -2.99. The Bertz CT molecular complexity index is 1010. The molecule has 0 saturated heterocycles. The van der Waals surface area contributed by atoms with Gasteiger partial charge in [-0.25, -0.2) is 9.07 Å². The number of nitrogens with one attached hydrogen (secondary N) is 1. The molecule has 0 aliphatic heterocycles. The molecule has 158 valence electrons. The Morgan fingerprint density at radius 3 is 2.60 bits per heavy atom. The number of nitrogens with zero attached hydrogens (tertiary/aromatic N) is 4. The molecule has 0 fully saturated rings. The molecule has 0 aliphatic rings. The van der Waals surface area contributed by atoms with Gasteiger partial charge < -0.3 is 10.1 Å². The summed E-state index contributed by atoms with van der Waals surface area (Å²) >= 11 is 3.27. The molecule has 3 aromatic rings. The van der Waals surface area contributed by atoms with Gasteiger partial charge in [0.2, 0.25) is 5.91 Å². The summed E-state index contributed by atoms with van der Waals surface area (Å²) in [4.78, 5) is 13.0. The lowest BCUT2D eigenvalue weighted by molar-refractivity contribution is -0.124. The summed E-state index contributed by atoms with van der Waals surface area (Å²) in [6.07, 6.45) is 0.205. The quantitative estimate of drug-likeness (QED) is 0.529. The van der Waals surface area contributed by atoms with E-state index in [1.807, 2.05) is 0 Å². The van der Waals surface area contributed by atoms with Crippen molar-refractivity contribution < 1.29 is 22.7 Å². The number of hydrogen-bond donors (Lipinski definition) is 1. The topological polar surface area (TPSA) is 81.9 Å². The fourth-order valence-corrected chi connectivity index (χ4v) is 3.27. The average molecular weight is 484 g/mol. The van der Waals surface area contributed by atoms with Gasteiger partial charge in [-0.1, -0.05) is 28.1 Å². The minimum Gasteiger partial charge on any atom is -0.434 e. The average Bonchev–Trinajstić information content (AvgIpc) is 3.12. The molecule has 0 saturated carbocycles. The lowest BCUT2D eigenvalue weighted by Crippen LogP contribution is -2.34. The van der Waals surface area contributed by atoms with Gasteiger partial charge >= 0.3 is 6.61 Å². The van der Waals surface area contributed by atoms with E-state index < -0.39 is 18.6 Å². The predicted molar refractivity (Wildman–Crippen MR) is 104 cm³/mol. The maximum Gasteiger partial charge on any atom is 0.387 e. The number of amides is 1. The van der Waals surface area contributed by atoms with Crippen LogP contribution in [0.4, 0.5) is 13.2 Å². The molecule has 1 atom stereocenters. The molecule has 2 aromatic carbocycles. The maximum atomic E-state index is 13.2. The Labute approximate surface area is 178 Å². The minimum absolute atomic E-state index is 0.0396. The first-order valence-electron chi connectivity index (χ1n) is 8.83. The molecule has 0 radical (unpaired) electrons. The molecule has 1 heterocycles. The Morgan fingerprint density at radius 2 is 1.97 bits per heavy atom. The van der Waals surface area contributed by atoms with Crippen LogP contribution < -0.4 is 10.1 Å². The van der Waals surface area contributed by atoms with Crippen LogP contribution in [0.2, 0.25) is 0 Å². The van der Waals surface area contributed by atoms with Crippen molar-refractivity contribution in [2.75, 3.05) is 0 Å². The molecule has 7 nitrogen and oxygen atoms in total. The van der Waals surface area contributed by atoms with Gasteiger partial charge in [-0.15, -0.1) is 5.10 Å². The van der Waals surface area contributed by atoms with E-state index in [1.165, 1.54) is 22.9 Å². The van der Waals surface area contributed by atoms with E-state index in [2.05, 4.69) is 41.5 Å². The molecule has 0 aliphatic carbocycles. The summed E-state index contributed by atoms with van der Waals surface area (Å²) in [5.41, 5.74) is 1.07. The number of alkyl halides is 2. The van der Waals surface area contributed by atoms with E-state index in [0.717, 1.165) is 0 Å². The van der Waals surface area contributed by atoms with Crippen LogP contribution in [0, 0.1) is 12.7 Å². The SMILES string of the molecule is Cc1nnnn1C(Cc1ccc(F)cc1)C(=O)NCc1cc(Br)ccc1OC(F)F. The Hall–Kier alpha value is -2.95. The van der Waals surface area contributed by atoms with Crippen LogP contribution in [0.1, 0.15) is 23.0 Å². The fourth-order valence-electron chi connectivity index (χ4n) is 2.86. The highest BCUT2D eigenvalue weighted by atomic mass is 79.9. The molecular weight excluding hydrogens is 467 g/mol. The van der Waals surface area contributed by atoms with Crippen molar-refractivity contribution in [1.82, 2.24) is 25.5 Å². The second-order valence-corrected chi connectivity index (χ2v) is 7.28. The van der Waals surface area contributed by atoms with Crippen LogP contribution in [0.5, 0.6) is 5.75 Å². The first kappa shape index (κ1) is 21.8. The van der Waals surface area contributed by atoms with Crippen molar-refractivity contribution in [3.8, 4) is 5.75 Å². The summed E-state index contributed by atoms with van der Waals surface area (Å²) in [6, 6.07) is 9.44. The standard InChI is InChI=1S/C19H17BrF3N5O2/c1-11-25-26-27-28(11)16(8-12-2-5-15(21)6-3-12)18(29)24-10-13-9-14(20)4-7-17(13)30-19(22)23/h2-7,9,16,19H,8,10H2,1H3,(H,24,29). The van der Waals surface area contributed by atoms with Gasteiger partial charge in [0.05, 0.1) is 0 Å². The highest BCUT2D eigenvalue weighted by Gasteiger charge is 2.24. The fraction of sp³-hybridized carbons (Fsp3) is 0.263. The van der Waals surface area contributed by atoms with E-state index in [9.17, 15) is 18.0 Å². The largest absolute Gasteiger partial charge is 0.434 e. The predicted octanol–water partition coefficient (Wildman–Crippen LogP) is 3.58. The monoisotopic (exact) mass is 483 g/mol. The molecule has 0 bridgehead atoms. The van der Waals surface area contributed by atoms with Crippen LogP contribution >= 0.6 is 15.9 Å². The molecule has 1 amide bonds. The molecule has 30 heavy (non-hydrogen) atoms. The zero-order valence-corrected chi connectivity index (χ0v) is 17.3. The number of aromatic nitrogens is 4. The van der Waals surface area contributed by atoms with Gasteiger partial charge in [0.1, 0.15) is 23.4 Å². The number of tetrazole rings is 1. The summed E-state index contributed by atoms with van der Waals surface area (Å²) < 4.78 is 45.0. The highest BCUT2D eigenvalue weighted by Crippen LogP contribution is 2.25. The van der Waals surface area contributed by atoms with Crippen LogP contribution in [-0.4, -0.2) is 32.7 Å². The van der Waals surface area contributed by atoms with Crippen LogP contribution in [0.15, 0.2) is 46.9 Å². The lowest BCUT2D eigenvalue weighted by Gasteiger charge is -2.18. The number of carbonyl (C=O) groups excluding carboxylic acids is 1. The molecular formula is C19H17BrF3N5O2. The van der Waals surface area contributed by atoms with Gasteiger partial charge in [0.25, 0.3) is 0 Å². The summed E-state index contributed by atoms with van der Waals surface area (Å²) in [5.74, 6) is -0.444. The van der Waals surface area contributed by atoms with Crippen LogP contribution in [0.25, 0.3) is 0 Å². The number of carbonyl (C=O) groups is 1. The van der Waals surface area contributed by atoms with Crippen molar-refractivity contribution in [2.24, 2.45) is 0 Å².